The second-order valence-corrected chi connectivity index (χ2v) is 6.18. The monoisotopic (exact) mass is 227 g/mol. The summed E-state index contributed by atoms with van der Waals surface area (Å²) in [5, 5.41) is 2.97. The van der Waals surface area contributed by atoms with Gasteiger partial charge < -0.3 is 10.1 Å². The number of ether oxygens (including phenoxy) is 1. The highest BCUT2D eigenvalue weighted by molar-refractivity contribution is 6.14. The van der Waals surface area contributed by atoms with Crippen LogP contribution < -0.4 is 5.32 Å². The Hall–Kier alpha value is -0.613. The minimum absolute atomic E-state index is 0.0815. The molecule has 1 atom stereocenters. The maximum atomic E-state index is 10.9. The lowest BCUT2D eigenvalue weighted by molar-refractivity contribution is -0.116. The molecular formula is C11H21NO2Si. The van der Waals surface area contributed by atoms with Crippen LogP contribution in [-0.2, 0) is 9.53 Å². The highest BCUT2D eigenvalue weighted by atomic mass is 28.1. The van der Waals surface area contributed by atoms with Crippen molar-refractivity contribution in [2.24, 2.45) is 0 Å². The van der Waals surface area contributed by atoms with Crippen molar-refractivity contribution in [2.45, 2.75) is 37.3 Å². The predicted molar refractivity (Wildman–Crippen MR) is 64.9 cm³/mol. The Bertz CT molecular complexity index is 225. The van der Waals surface area contributed by atoms with E-state index >= 15 is 0 Å². The molecule has 1 aliphatic rings. The second kappa shape index (κ2) is 6.08. The average molecular weight is 227 g/mol. The predicted octanol–water partition coefficient (Wildman–Crippen LogP) is 0.331. The van der Waals surface area contributed by atoms with Gasteiger partial charge in [-0.15, -0.1) is 0 Å². The highest BCUT2D eigenvalue weighted by Crippen LogP contribution is 2.25. The quantitative estimate of drug-likeness (QED) is 0.418. The molecule has 0 radical (unpaired) electrons. The van der Waals surface area contributed by atoms with Crippen molar-refractivity contribution in [3.63, 3.8) is 0 Å². The zero-order valence-corrected chi connectivity index (χ0v) is 11.6. The summed E-state index contributed by atoms with van der Waals surface area (Å²) >= 11 is 0. The molecule has 0 saturated carbocycles. The van der Waals surface area contributed by atoms with Gasteiger partial charge in [0.2, 0.25) is 5.91 Å². The summed E-state index contributed by atoms with van der Waals surface area (Å²) in [7, 11) is 1.09. The first-order valence-electron chi connectivity index (χ1n) is 5.70. The third kappa shape index (κ3) is 4.62. The maximum absolute atomic E-state index is 10.9. The Morgan fingerprint density at radius 2 is 2.40 bits per heavy atom. The fourth-order valence-corrected chi connectivity index (χ4v) is 2.85. The van der Waals surface area contributed by atoms with Gasteiger partial charge in [-0.3, -0.25) is 4.79 Å². The molecular weight excluding hydrogens is 206 g/mol. The number of hydrogen-bond donors (Lipinski definition) is 1. The van der Waals surface area contributed by atoms with Crippen LogP contribution in [-0.4, -0.2) is 34.5 Å². The van der Waals surface area contributed by atoms with E-state index in [4.69, 9.17) is 4.74 Å². The summed E-state index contributed by atoms with van der Waals surface area (Å²) in [6.07, 6.45) is 7.10. The van der Waals surface area contributed by atoms with Gasteiger partial charge in [-0.05, 0) is 38.2 Å². The van der Waals surface area contributed by atoms with E-state index in [-0.39, 0.29) is 11.1 Å². The van der Waals surface area contributed by atoms with Crippen LogP contribution >= 0.6 is 0 Å². The van der Waals surface area contributed by atoms with Crippen LogP contribution in [0.25, 0.3) is 0 Å². The third-order valence-electron chi connectivity index (χ3n) is 2.92. The van der Waals surface area contributed by atoms with E-state index in [1.165, 1.54) is 25.3 Å². The number of carbonyl (C=O) groups excluding carboxylic acids is 1. The Morgan fingerprint density at radius 1 is 1.60 bits per heavy atom. The van der Waals surface area contributed by atoms with Gasteiger partial charge in [-0.1, -0.05) is 6.58 Å². The van der Waals surface area contributed by atoms with Gasteiger partial charge in [0.25, 0.3) is 0 Å². The number of nitrogens with one attached hydrogen (secondary N) is 1. The normalized spacial score (nSPS) is 26.1. The molecule has 0 aromatic rings. The second-order valence-electron chi connectivity index (χ2n) is 4.35. The van der Waals surface area contributed by atoms with Crippen LogP contribution in [0.3, 0.4) is 0 Å². The molecule has 3 nitrogen and oxygen atoms in total. The van der Waals surface area contributed by atoms with Crippen molar-refractivity contribution < 1.29 is 9.53 Å². The number of carbonyl (C=O) groups is 1. The molecule has 1 unspecified atom stereocenters. The van der Waals surface area contributed by atoms with E-state index in [0.717, 1.165) is 36.2 Å². The maximum Gasteiger partial charge on any atom is 0.243 e. The van der Waals surface area contributed by atoms with E-state index in [2.05, 4.69) is 11.9 Å². The van der Waals surface area contributed by atoms with E-state index in [1.807, 2.05) is 0 Å². The molecule has 1 rings (SSSR count). The lowest BCUT2D eigenvalue weighted by Gasteiger charge is -2.34. The molecule has 4 heteroatoms. The highest BCUT2D eigenvalue weighted by Gasteiger charge is 2.26. The zero-order valence-electron chi connectivity index (χ0n) is 9.55. The Labute approximate surface area is 94.7 Å². The summed E-state index contributed by atoms with van der Waals surface area (Å²) in [5.41, 5.74) is 0. The minimum atomic E-state index is -0.0815. The first-order valence-corrected chi connectivity index (χ1v) is 6.70. The zero-order chi connectivity index (χ0) is 11.1. The minimum Gasteiger partial charge on any atom is -0.380 e. The van der Waals surface area contributed by atoms with Crippen molar-refractivity contribution in [1.29, 1.82) is 0 Å². The van der Waals surface area contributed by atoms with Gasteiger partial charge in [0.05, 0.1) is 0 Å². The lowest BCUT2D eigenvalue weighted by Crippen LogP contribution is -2.37. The molecule has 0 aromatic heterocycles. The number of amides is 1. The van der Waals surface area contributed by atoms with Crippen LogP contribution in [0.15, 0.2) is 12.7 Å². The molecule has 1 fully saturated rings. The van der Waals surface area contributed by atoms with Crippen LogP contribution in [0.5, 0.6) is 0 Å². The Morgan fingerprint density at radius 3 is 3.00 bits per heavy atom. The summed E-state index contributed by atoms with van der Waals surface area (Å²) in [6.45, 7) is 5.07. The first kappa shape index (κ1) is 12.5. The van der Waals surface area contributed by atoms with Crippen molar-refractivity contribution in [3.8, 4) is 0 Å². The largest absolute Gasteiger partial charge is 0.380 e. The van der Waals surface area contributed by atoms with Gasteiger partial charge in [-0.2, -0.15) is 0 Å². The molecule has 0 aliphatic carbocycles. The van der Waals surface area contributed by atoms with Gasteiger partial charge in [-0.25, -0.2) is 0 Å². The summed E-state index contributed by atoms with van der Waals surface area (Å²) < 4.78 is 5.83. The van der Waals surface area contributed by atoms with Crippen LogP contribution in [0.4, 0.5) is 0 Å². The first-order chi connectivity index (χ1) is 7.16. The Balaban J connectivity index is 2.13. The molecule has 0 bridgehead atoms. The fourth-order valence-electron chi connectivity index (χ4n) is 1.94. The van der Waals surface area contributed by atoms with Crippen molar-refractivity contribution >= 4 is 16.1 Å². The number of rotatable bonds is 5. The average Bonchev–Trinajstić information content (AvgIpc) is 2.25. The molecule has 15 heavy (non-hydrogen) atoms. The molecule has 1 heterocycles. The van der Waals surface area contributed by atoms with Crippen LogP contribution in [0.1, 0.15) is 32.1 Å². The fraction of sp³-hybridized carbons (Fsp3) is 0.727. The molecule has 1 aliphatic heterocycles. The van der Waals surface area contributed by atoms with Gasteiger partial charge in [0, 0.05) is 28.6 Å². The van der Waals surface area contributed by atoms with E-state index in [0.29, 0.717) is 0 Å². The SMILES string of the molecule is C=CC(=O)NCCCC1([SiH3])CCCCO1. The van der Waals surface area contributed by atoms with Crippen LogP contribution in [0, 0.1) is 0 Å². The van der Waals surface area contributed by atoms with E-state index < -0.39 is 0 Å². The van der Waals surface area contributed by atoms with Crippen molar-refractivity contribution in [2.75, 3.05) is 13.2 Å². The van der Waals surface area contributed by atoms with E-state index in [1.54, 1.807) is 0 Å². The molecule has 86 valence electrons. The summed E-state index contributed by atoms with van der Waals surface area (Å²) in [6, 6.07) is 0. The standard InChI is InChI=1S/C11H21NO2Si/c1-2-10(13)12-8-5-7-11(15)6-3-4-9-14-11/h2H,1,3-9H2,15H3,(H,12,13). The third-order valence-corrected chi connectivity index (χ3v) is 4.21. The molecule has 1 amide bonds. The smallest absolute Gasteiger partial charge is 0.243 e. The van der Waals surface area contributed by atoms with Crippen LogP contribution in [0.2, 0.25) is 0 Å². The summed E-state index contributed by atoms with van der Waals surface area (Å²) in [4.78, 5) is 10.9. The van der Waals surface area contributed by atoms with Gasteiger partial charge in [0.1, 0.15) is 0 Å². The topological polar surface area (TPSA) is 38.3 Å². The van der Waals surface area contributed by atoms with Gasteiger partial charge in [0.15, 0.2) is 0 Å². The Kier molecular flexibility index (Phi) is 5.05. The molecule has 1 saturated heterocycles. The van der Waals surface area contributed by atoms with Gasteiger partial charge >= 0.3 is 0 Å². The van der Waals surface area contributed by atoms with Crippen molar-refractivity contribution in [3.05, 3.63) is 12.7 Å². The summed E-state index contributed by atoms with van der Waals surface area (Å²) in [5.74, 6) is -0.0815. The molecule has 0 aromatic carbocycles. The number of hydrogen-bond acceptors (Lipinski definition) is 2. The van der Waals surface area contributed by atoms with E-state index in [9.17, 15) is 4.79 Å². The lowest BCUT2D eigenvalue weighted by atomic mass is 10.0. The molecule has 1 N–H and O–H groups in total. The van der Waals surface area contributed by atoms with Crippen molar-refractivity contribution in [1.82, 2.24) is 5.32 Å². The molecule has 0 spiro atoms.